The summed E-state index contributed by atoms with van der Waals surface area (Å²) < 4.78 is 5.85. The van der Waals surface area contributed by atoms with Gasteiger partial charge < -0.3 is 20.1 Å². The number of benzene rings is 1. The molecule has 1 aliphatic heterocycles. The van der Waals surface area contributed by atoms with Crippen molar-refractivity contribution in [3.05, 3.63) is 30.3 Å². The van der Waals surface area contributed by atoms with Crippen LogP contribution < -0.4 is 10.1 Å². The second-order valence-electron chi connectivity index (χ2n) is 5.65. The number of aliphatic hydroxyl groups excluding tert-OH is 1. The summed E-state index contributed by atoms with van der Waals surface area (Å²) in [5.74, 6) is 1.79. The monoisotopic (exact) mass is 305 g/mol. The first-order valence-electron chi connectivity index (χ1n) is 8.12. The Kier molecular flexibility index (Phi) is 6.52. The molecule has 0 aliphatic carbocycles. The Labute approximate surface area is 133 Å². The second-order valence-corrected chi connectivity index (χ2v) is 5.65. The molecule has 22 heavy (non-hydrogen) atoms. The van der Waals surface area contributed by atoms with Gasteiger partial charge in [-0.3, -0.25) is 0 Å². The topological polar surface area (TPSA) is 57.1 Å². The van der Waals surface area contributed by atoms with E-state index in [-0.39, 0.29) is 12.2 Å². The largest absolute Gasteiger partial charge is 0.489 e. The van der Waals surface area contributed by atoms with Crippen LogP contribution in [0.4, 0.5) is 0 Å². The lowest BCUT2D eigenvalue weighted by atomic mass is 10.1. The van der Waals surface area contributed by atoms with Gasteiger partial charge in [0.05, 0.1) is 12.6 Å². The van der Waals surface area contributed by atoms with E-state index in [4.69, 9.17) is 4.74 Å². The highest BCUT2D eigenvalue weighted by molar-refractivity contribution is 5.80. The maximum Gasteiger partial charge on any atom is 0.194 e. The van der Waals surface area contributed by atoms with E-state index in [2.05, 4.69) is 22.1 Å². The molecule has 5 nitrogen and oxygen atoms in total. The van der Waals surface area contributed by atoms with Gasteiger partial charge in [0, 0.05) is 19.6 Å². The zero-order chi connectivity index (χ0) is 15.8. The maximum atomic E-state index is 9.61. The van der Waals surface area contributed by atoms with E-state index in [1.807, 2.05) is 37.3 Å². The molecule has 1 atom stereocenters. The van der Waals surface area contributed by atoms with Crippen molar-refractivity contribution in [3.63, 3.8) is 0 Å². The van der Waals surface area contributed by atoms with E-state index in [0.717, 1.165) is 44.2 Å². The molecule has 122 valence electrons. The van der Waals surface area contributed by atoms with Crippen molar-refractivity contribution in [2.24, 2.45) is 4.99 Å². The summed E-state index contributed by atoms with van der Waals surface area (Å²) >= 11 is 0. The van der Waals surface area contributed by atoms with E-state index in [9.17, 15) is 5.11 Å². The quantitative estimate of drug-likeness (QED) is 0.644. The van der Waals surface area contributed by atoms with Crippen LogP contribution in [0.5, 0.6) is 5.75 Å². The highest BCUT2D eigenvalue weighted by Crippen LogP contribution is 2.12. The minimum atomic E-state index is -0.167. The summed E-state index contributed by atoms with van der Waals surface area (Å²) in [6.45, 7) is 7.24. The van der Waals surface area contributed by atoms with E-state index in [1.54, 1.807) is 0 Å². The summed E-state index contributed by atoms with van der Waals surface area (Å²) in [5, 5.41) is 12.9. The Hall–Kier alpha value is -1.75. The fraction of sp³-hybridized carbons (Fsp3) is 0.588. The van der Waals surface area contributed by atoms with Gasteiger partial charge in [-0.15, -0.1) is 0 Å². The molecular formula is C17H27N3O2. The molecule has 1 aromatic carbocycles. The van der Waals surface area contributed by atoms with Crippen LogP contribution in [0.3, 0.4) is 0 Å². The number of piperidine rings is 1. The smallest absolute Gasteiger partial charge is 0.194 e. The zero-order valence-corrected chi connectivity index (χ0v) is 13.5. The molecule has 1 saturated heterocycles. The SMILES string of the molecule is CCNC(=NCC(C)Oc1ccccc1)N1CCC(O)CC1. The first kappa shape index (κ1) is 16.6. The number of hydrogen-bond acceptors (Lipinski definition) is 3. The number of rotatable bonds is 5. The fourth-order valence-corrected chi connectivity index (χ4v) is 2.49. The van der Waals surface area contributed by atoms with Crippen LogP contribution in [0, 0.1) is 0 Å². The van der Waals surface area contributed by atoms with Crippen LogP contribution in [-0.2, 0) is 0 Å². The molecule has 0 spiro atoms. The van der Waals surface area contributed by atoms with Crippen molar-refractivity contribution in [3.8, 4) is 5.75 Å². The summed E-state index contributed by atoms with van der Waals surface area (Å²) in [4.78, 5) is 6.90. The molecule has 1 unspecified atom stereocenters. The number of guanidine groups is 1. The number of aliphatic imine (C=N–C) groups is 1. The molecular weight excluding hydrogens is 278 g/mol. The third-order valence-electron chi connectivity index (χ3n) is 3.68. The van der Waals surface area contributed by atoms with Crippen molar-refractivity contribution in [1.29, 1.82) is 0 Å². The Morgan fingerprint density at radius 3 is 2.68 bits per heavy atom. The van der Waals surface area contributed by atoms with E-state index < -0.39 is 0 Å². The summed E-state index contributed by atoms with van der Waals surface area (Å²) in [7, 11) is 0. The van der Waals surface area contributed by atoms with Crippen LogP contribution in [-0.4, -0.2) is 54.4 Å². The molecule has 0 amide bonds. The van der Waals surface area contributed by atoms with Crippen molar-refractivity contribution in [2.75, 3.05) is 26.2 Å². The van der Waals surface area contributed by atoms with Gasteiger partial charge in [0.2, 0.25) is 0 Å². The molecule has 0 aromatic heterocycles. The number of hydrogen-bond donors (Lipinski definition) is 2. The van der Waals surface area contributed by atoms with Gasteiger partial charge >= 0.3 is 0 Å². The third-order valence-corrected chi connectivity index (χ3v) is 3.68. The summed E-state index contributed by atoms with van der Waals surface area (Å²) in [6, 6.07) is 9.82. The predicted molar refractivity (Wildman–Crippen MR) is 89.3 cm³/mol. The van der Waals surface area contributed by atoms with Crippen LogP contribution >= 0.6 is 0 Å². The van der Waals surface area contributed by atoms with E-state index in [0.29, 0.717) is 6.54 Å². The van der Waals surface area contributed by atoms with E-state index in [1.165, 1.54) is 0 Å². The Morgan fingerprint density at radius 1 is 1.36 bits per heavy atom. The third kappa shape index (κ3) is 5.22. The molecule has 0 saturated carbocycles. The van der Waals surface area contributed by atoms with Crippen LogP contribution in [0.2, 0.25) is 0 Å². The lowest BCUT2D eigenvalue weighted by molar-refractivity contribution is 0.107. The fourth-order valence-electron chi connectivity index (χ4n) is 2.49. The van der Waals surface area contributed by atoms with Gasteiger partial charge in [0.1, 0.15) is 11.9 Å². The van der Waals surface area contributed by atoms with Crippen molar-refractivity contribution in [1.82, 2.24) is 10.2 Å². The van der Waals surface area contributed by atoms with E-state index >= 15 is 0 Å². The highest BCUT2D eigenvalue weighted by Gasteiger charge is 2.19. The highest BCUT2D eigenvalue weighted by atomic mass is 16.5. The molecule has 1 fully saturated rings. The first-order valence-corrected chi connectivity index (χ1v) is 8.12. The molecule has 0 radical (unpaired) electrons. The molecule has 1 heterocycles. The predicted octanol–water partition coefficient (Wildman–Crippen LogP) is 1.88. The van der Waals surface area contributed by atoms with Crippen LogP contribution in [0.25, 0.3) is 0 Å². The number of likely N-dealkylation sites (tertiary alicyclic amines) is 1. The Balaban J connectivity index is 1.89. The van der Waals surface area contributed by atoms with Gasteiger partial charge in [0.25, 0.3) is 0 Å². The standard InChI is InChI=1S/C17H27N3O2/c1-3-18-17(20-11-9-15(21)10-12-20)19-13-14(2)22-16-7-5-4-6-8-16/h4-8,14-15,21H,3,9-13H2,1-2H3,(H,18,19). The van der Waals surface area contributed by atoms with Gasteiger partial charge in [-0.25, -0.2) is 4.99 Å². The van der Waals surface area contributed by atoms with Crippen molar-refractivity contribution < 1.29 is 9.84 Å². The molecule has 2 rings (SSSR count). The second kappa shape index (κ2) is 8.63. The Bertz CT molecular complexity index is 456. The van der Waals surface area contributed by atoms with Crippen molar-refractivity contribution >= 4 is 5.96 Å². The zero-order valence-electron chi connectivity index (χ0n) is 13.5. The minimum Gasteiger partial charge on any atom is -0.489 e. The molecule has 1 aliphatic rings. The number of ether oxygens (including phenoxy) is 1. The average Bonchev–Trinajstić information content (AvgIpc) is 2.53. The molecule has 5 heteroatoms. The number of nitrogens with zero attached hydrogens (tertiary/aromatic N) is 2. The van der Waals surface area contributed by atoms with Gasteiger partial charge in [-0.1, -0.05) is 18.2 Å². The Morgan fingerprint density at radius 2 is 2.05 bits per heavy atom. The lowest BCUT2D eigenvalue weighted by Crippen LogP contribution is -2.47. The van der Waals surface area contributed by atoms with Crippen LogP contribution in [0.15, 0.2) is 35.3 Å². The molecule has 0 bridgehead atoms. The first-order chi connectivity index (χ1) is 10.7. The van der Waals surface area contributed by atoms with Crippen molar-refractivity contribution in [2.45, 2.75) is 38.9 Å². The van der Waals surface area contributed by atoms with Crippen LogP contribution in [0.1, 0.15) is 26.7 Å². The minimum absolute atomic E-state index is 0.0198. The maximum absolute atomic E-state index is 9.61. The molecule has 1 aromatic rings. The summed E-state index contributed by atoms with van der Waals surface area (Å²) in [5.41, 5.74) is 0. The van der Waals surface area contributed by atoms with Gasteiger partial charge in [0.15, 0.2) is 5.96 Å². The number of nitrogens with one attached hydrogen (secondary N) is 1. The van der Waals surface area contributed by atoms with Gasteiger partial charge in [-0.05, 0) is 38.8 Å². The molecule has 2 N–H and O–H groups in total. The normalized spacial score (nSPS) is 18.1. The number of para-hydroxylation sites is 1. The summed E-state index contributed by atoms with van der Waals surface area (Å²) in [6.07, 6.45) is 1.46. The van der Waals surface area contributed by atoms with Gasteiger partial charge in [-0.2, -0.15) is 0 Å². The lowest BCUT2D eigenvalue weighted by Gasteiger charge is -2.32. The number of aliphatic hydroxyl groups is 1. The average molecular weight is 305 g/mol.